The lowest BCUT2D eigenvalue weighted by Crippen LogP contribution is -1.92. The molecule has 0 fully saturated rings. The smallest absolute Gasteiger partial charge is 0.258 e. The van der Waals surface area contributed by atoms with E-state index in [1.54, 1.807) is 30.5 Å². The van der Waals surface area contributed by atoms with E-state index in [4.69, 9.17) is 11.6 Å². The minimum absolute atomic E-state index is 0.0997. The number of nitrogens with zero attached hydrogens (tertiary/aromatic N) is 3. The van der Waals surface area contributed by atoms with Gasteiger partial charge in [0.2, 0.25) is 5.28 Å². The predicted octanol–water partition coefficient (Wildman–Crippen LogP) is 3.33. The van der Waals surface area contributed by atoms with Gasteiger partial charge in [0.1, 0.15) is 0 Å². The van der Waals surface area contributed by atoms with E-state index in [0.29, 0.717) is 10.6 Å². The maximum absolute atomic E-state index is 10.8. The average Bonchev–Trinajstić information content (AvgIpc) is 2.37. The molecule has 1 aromatic carbocycles. The third-order valence-electron chi connectivity index (χ3n) is 2.12. The van der Waals surface area contributed by atoms with Crippen LogP contribution < -0.4 is 0 Å². The standard InChI is InChI=1S/C11H8ClN3O2S/c12-11-13-6-5-8(14-11)7-18-10-4-2-1-3-9(10)15(16)17/h1-6H,7H2. The number of nitro groups is 1. The first-order valence-corrected chi connectivity index (χ1v) is 6.37. The molecule has 0 amide bonds. The van der Waals surface area contributed by atoms with Crippen molar-refractivity contribution in [1.82, 2.24) is 9.97 Å². The summed E-state index contributed by atoms with van der Waals surface area (Å²) in [5.41, 5.74) is 0.834. The number of benzene rings is 1. The lowest BCUT2D eigenvalue weighted by Gasteiger charge is -2.02. The highest BCUT2D eigenvalue weighted by Gasteiger charge is 2.12. The van der Waals surface area contributed by atoms with E-state index < -0.39 is 4.92 Å². The Hall–Kier alpha value is -1.66. The van der Waals surface area contributed by atoms with Crippen molar-refractivity contribution in [2.45, 2.75) is 10.6 Å². The number of thioether (sulfide) groups is 1. The molecule has 0 N–H and O–H groups in total. The van der Waals surface area contributed by atoms with Gasteiger partial charge in [-0.05, 0) is 23.7 Å². The van der Waals surface area contributed by atoms with Crippen molar-refractivity contribution in [2.75, 3.05) is 0 Å². The van der Waals surface area contributed by atoms with Crippen LogP contribution in [0.2, 0.25) is 5.28 Å². The second kappa shape index (κ2) is 5.79. The van der Waals surface area contributed by atoms with Gasteiger partial charge in [-0.15, -0.1) is 11.8 Å². The summed E-state index contributed by atoms with van der Waals surface area (Å²) in [6, 6.07) is 8.33. The maximum Gasteiger partial charge on any atom is 0.282 e. The SMILES string of the molecule is O=[N+]([O-])c1ccccc1SCc1ccnc(Cl)n1. The normalized spacial score (nSPS) is 10.3. The van der Waals surface area contributed by atoms with Crippen molar-refractivity contribution in [2.24, 2.45) is 0 Å². The van der Waals surface area contributed by atoms with Gasteiger partial charge in [0.25, 0.3) is 5.69 Å². The summed E-state index contributed by atoms with van der Waals surface area (Å²) in [5.74, 6) is 0.507. The van der Waals surface area contributed by atoms with Crippen LogP contribution in [0.5, 0.6) is 0 Å². The van der Waals surface area contributed by atoms with Gasteiger partial charge in [0.15, 0.2) is 0 Å². The van der Waals surface area contributed by atoms with E-state index >= 15 is 0 Å². The van der Waals surface area contributed by atoms with E-state index in [1.165, 1.54) is 17.8 Å². The van der Waals surface area contributed by atoms with Gasteiger partial charge in [-0.2, -0.15) is 0 Å². The van der Waals surface area contributed by atoms with Crippen LogP contribution in [0.3, 0.4) is 0 Å². The molecule has 0 radical (unpaired) electrons. The fourth-order valence-electron chi connectivity index (χ4n) is 1.33. The number of halogens is 1. The van der Waals surface area contributed by atoms with Crippen molar-refractivity contribution in [1.29, 1.82) is 0 Å². The topological polar surface area (TPSA) is 68.9 Å². The molecule has 0 aliphatic carbocycles. The van der Waals surface area contributed by atoms with Crippen LogP contribution in [-0.4, -0.2) is 14.9 Å². The second-order valence-corrected chi connectivity index (χ2v) is 4.69. The molecule has 0 aliphatic heterocycles. The van der Waals surface area contributed by atoms with Gasteiger partial charge < -0.3 is 0 Å². The molecule has 0 saturated heterocycles. The van der Waals surface area contributed by atoms with Gasteiger partial charge in [-0.25, -0.2) is 9.97 Å². The lowest BCUT2D eigenvalue weighted by molar-refractivity contribution is -0.387. The molecule has 0 bridgehead atoms. The Balaban J connectivity index is 2.13. The maximum atomic E-state index is 10.8. The van der Waals surface area contributed by atoms with Crippen molar-refractivity contribution >= 4 is 29.1 Å². The summed E-state index contributed by atoms with van der Waals surface area (Å²) >= 11 is 7.02. The Morgan fingerprint density at radius 2 is 2.11 bits per heavy atom. The molecule has 0 unspecified atom stereocenters. The molecule has 1 aromatic heterocycles. The van der Waals surface area contributed by atoms with Crippen LogP contribution in [-0.2, 0) is 5.75 Å². The van der Waals surface area contributed by atoms with Crippen molar-refractivity contribution in [3.63, 3.8) is 0 Å². The summed E-state index contributed by atoms with van der Waals surface area (Å²) in [7, 11) is 0. The van der Waals surface area contributed by atoms with Gasteiger partial charge in [0.05, 0.1) is 15.5 Å². The van der Waals surface area contributed by atoms with Crippen LogP contribution in [0.25, 0.3) is 0 Å². The van der Waals surface area contributed by atoms with Crippen LogP contribution in [0.15, 0.2) is 41.4 Å². The Morgan fingerprint density at radius 3 is 2.83 bits per heavy atom. The third kappa shape index (κ3) is 3.18. The first-order chi connectivity index (χ1) is 8.66. The molecule has 7 heteroatoms. The molecule has 0 atom stereocenters. The zero-order valence-electron chi connectivity index (χ0n) is 9.12. The van der Waals surface area contributed by atoms with Crippen LogP contribution in [0.1, 0.15) is 5.69 Å². The zero-order valence-corrected chi connectivity index (χ0v) is 10.7. The van der Waals surface area contributed by atoms with E-state index in [-0.39, 0.29) is 11.0 Å². The van der Waals surface area contributed by atoms with Gasteiger partial charge in [-0.1, -0.05) is 12.1 Å². The fourth-order valence-corrected chi connectivity index (χ4v) is 2.43. The molecule has 0 spiro atoms. The molecule has 2 aromatic rings. The van der Waals surface area contributed by atoms with Crippen molar-refractivity contribution < 1.29 is 4.92 Å². The van der Waals surface area contributed by atoms with Gasteiger partial charge >= 0.3 is 0 Å². The minimum Gasteiger partial charge on any atom is -0.258 e. The molecule has 2 rings (SSSR count). The number of rotatable bonds is 4. The highest BCUT2D eigenvalue weighted by atomic mass is 35.5. The summed E-state index contributed by atoms with van der Waals surface area (Å²) in [6.07, 6.45) is 1.56. The summed E-state index contributed by atoms with van der Waals surface area (Å²) < 4.78 is 0. The van der Waals surface area contributed by atoms with Crippen LogP contribution in [0, 0.1) is 10.1 Å². The van der Waals surface area contributed by atoms with E-state index in [1.807, 2.05) is 0 Å². The lowest BCUT2D eigenvalue weighted by atomic mass is 10.3. The number of aromatic nitrogens is 2. The van der Waals surface area contributed by atoms with E-state index in [0.717, 1.165) is 5.69 Å². The number of para-hydroxylation sites is 1. The van der Waals surface area contributed by atoms with Crippen molar-refractivity contribution in [3.8, 4) is 0 Å². The Morgan fingerprint density at radius 1 is 1.33 bits per heavy atom. The van der Waals surface area contributed by atoms with Crippen LogP contribution >= 0.6 is 23.4 Å². The third-order valence-corrected chi connectivity index (χ3v) is 3.40. The van der Waals surface area contributed by atoms with Gasteiger partial charge in [-0.3, -0.25) is 10.1 Å². The predicted molar refractivity (Wildman–Crippen MR) is 69.7 cm³/mol. The molecule has 18 heavy (non-hydrogen) atoms. The molecule has 1 heterocycles. The highest BCUT2D eigenvalue weighted by molar-refractivity contribution is 7.98. The Labute approximate surface area is 112 Å². The molecule has 0 saturated carbocycles. The first kappa shape index (κ1) is 12.8. The fraction of sp³-hybridized carbons (Fsp3) is 0.0909. The molecular formula is C11H8ClN3O2S. The molecule has 0 aliphatic rings. The average molecular weight is 282 g/mol. The molecular weight excluding hydrogens is 274 g/mol. The summed E-state index contributed by atoms with van der Waals surface area (Å²) in [5, 5.41) is 11.0. The quantitative estimate of drug-likeness (QED) is 0.372. The number of nitro benzene ring substituents is 1. The number of hydrogen-bond acceptors (Lipinski definition) is 5. The summed E-state index contributed by atoms with van der Waals surface area (Å²) in [4.78, 5) is 18.9. The number of hydrogen-bond donors (Lipinski definition) is 0. The molecule has 92 valence electrons. The molecule has 5 nitrogen and oxygen atoms in total. The second-order valence-electron chi connectivity index (χ2n) is 3.33. The van der Waals surface area contributed by atoms with E-state index in [2.05, 4.69) is 9.97 Å². The Kier molecular flexibility index (Phi) is 4.11. The summed E-state index contributed by atoms with van der Waals surface area (Å²) in [6.45, 7) is 0. The monoisotopic (exact) mass is 281 g/mol. The largest absolute Gasteiger partial charge is 0.282 e. The van der Waals surface area contributed by atoms with Crippen molar-refractivity contribution in [3.05, 3.63) is 57.6 Å². The van der Waals surface area contributed by atoms with E-state index in [9.17, 15) is 10.1 Å². The highest BCUT2D eigenvalue weighted by Crippen LogP contribution is 2.30. The zero-order chi connectivity index (χ0) is 13.0. The van der Waals surface area contributed by atoms with Crippen LogP contribution in [0.4, 0.5) is 5.69 Å². The first-order valence-electron chi connectivity index (χ1n) is 5.00. The minimum atomic E-state index is -0.394. The van der Waals surface area contributed by atoms with Gasteiger partial charge in [0, 0.05) is 18.0 Å². The Bertz CT molecular complexity index is 580.